The molecule has 12 rings (SSSR count). The van der Waals surface area contributed by atoms with Crippen molar-refractivity contribution in [2.45, 2.75) is 0 Å². The lowest BCUT2D eigenvalue weighted by Gasteiger charge is -2.13. The molecule has 2 nitrogen and oxygen atoms in total. The van der Waals surface area contributed by atoms with Crippen molar-refractivity contribution in [1.82, 2.24) is 9.13 Å². The van der Waals surface area contributed by atoms with Gasteiger partial charge in [0.05, 0.1) is 32.5 Å². The molecule has 55 heavy (non-hydrogen) atoms. The maximum atomic E-state index is 2.52. The van der Waals surface area contributed by atoms with Crippen LogP contribution in [0.4, 0.5) is 0 Å². The molecule has 3 aromatic heterocycles. The van der Waals surface area contributed by atoms with Gasteiger partial charge in [-0.1, -0.05) is 140 Å². The van der Waals surface area contributed by atoms with Gasteiger partial charge in [0, 0.05) is 48.1 Å². The van der Waals surface area contributed by atoms with E-state index in [4.69, 9.17) is 0 Å². The largest absolute Gasteiger partial charge is 0.309 e. The number of para-hydroxylation sites is 2. The molecule has 0 saturated carbocycles. The standard InChI is InChI=1S/C52H32N2S/c1-2-13-33(14-3-1)34-25-28-37(29-26-34)53-46-21-9-6-18-39(46)43-31-36(27-30-48(43)53)42-32-44-40-19-7-10-22-47(40)54(45-23-12-16-35-15-4-5-17-38(35)45)51(44)52-50(42)41-20-8-11-24-49(41)55-52/h1-32H. The fraction of sp³-hybridized carbons (Fsp3) is 0. The average Bonchev–Trinajstić information content (AvgIpc) is 3.91. The van der Waals surface area contributed by atoms with Gasteiger partial charge < -0.3 is 9.13 Å². The van der Waals surface area contributed by atoms with E-state index in [1.807, 2.05) is 11.3 Å². The average molecular weight is 717 g/mol. The minimum atomic E-state index is 1.16. The van der Waals surface area contributed by atoms with Crippen LogP contribution >= 0.6 is 11.3 Å². The smallest absolute Gasteiger partial charge is 0.0720 e. The lowest BCUT2D eigenvalue weighted by atomic mass is 9.95. The minimum Gasteiger partial charge on any atom is -0.309 e. The molecule has 0 atom stereocenters. The van der Waals surface area contributed by atoms with Crippen molar-refractivity contribution in [3.63, 3.8) is 0 Å². The predicted molar refractivity (Wildman–Crippen MR) is 236 cm³/mol. The molecule has 0 aliphatic rings. The second kappa shape index (κ2) is 11.8. The van der Waals surface area contributed by atoms with Crippen LogP contribution in [0.25, 0.3) is 108 Å². The maximum Gasteiger partial charge on any atom is 0.0720 e. The molecular formula is C52H32N2S. The Labute approximate surface area is 321 Å². The van der Waals surface area contributed by atoms with E-state index >= 15 is 0 Å². The molecule has 0 unspecified atom stereocenters. The minimum absolute atomic E-state index is 1.16. The molecule has 0 aliphatic carbocycles. The summed E-state index contributed by atoms with van der Waals surface area (Å²) in [4.78, 5) is 0. The molecule has 0 N–H and O–H groups in total. The van der Waals surface area contributed by atoms with Gasteiger partial charge in [0.25, 0.3) is 0 Å². The summed E-state index contributed by atoms with van der Waals surface area (Å²) in [5.74, 6) is 0. The first-order valence-electron chi connectivity index (χ1n) is 18.9. The number of rotatable bonds is 4. The summed E-state index contributed by atoms with van der Waals surface area (Å²) in [6, 6.07) is 71.3. The van der Waals surface area contributed by atoms with E-state index in [0.29, 0.717) is 0 Å². The van der Waals surface area contributed by atoms with Crippen LogP contribution in [0.2, 0.25) is 0 Å². The zero-order chi connectivity index (χ0) is 36.0. The first kappa shape index (κ1) is 30.5. The third-order valence-corrected chi connectivity index (χ3v) is 12.7. The molecule has 9 aromatic carbocycles. The number of thiophene rings is 1. The van der Waals surface area contributed by atoms with Crippen LogP contribution in [0.3, 0.4) is 0 Å². The first-order chi connectivity index (χ1) is 27.3. The third-order valence-electron chi connectivity index (χ3n) is 11.5. The number of nitrogens with zero attached hydrogens (tertiary/aromatic N) is 2. The summed E-state index contributed by atoms with van der Waals surface area (Å²) in [7, 11) is 0. The molecule has 0 aliphatic heterocycles. The highest BCUT2D eigenvalue weighted by Gasteiger charge is 2.23. The summed E-state index contributed by atoms with van der Waals surface area (Å²) in [5, 5.41) is 10.2. The molecule has 0 saturated heterocycles. The lowest BCUT2D eigenvalue weighted by molar-refractivity contribution is 1.18. The van der Waals surface area contributed by atoms with Crippen LogP contribution in [0.5, 0.6) is 0 Å². The summed E-state index contributed by atoms with van der Waals surface area (Å²) in [6.07, 6.45) is 0. The summed E-state index contributed by atoms with van der Waals surface area (Å²) in [5.41, 5.74) is 12.2. The quantitative estimate of drug-likeness (QED) is 0.172. The van der Waals surface area contributed by atoms with E-state index < -0.39 is 0 Å². The van der Waals surface area contributed by atoms with Crippen LogP contribution in [0.1, 0.15) is 0 Å². The second-order valence-corrected chi connectivity index (χ2v) is 15.5. The second-order valence-electron chi connectivity index (χ2n) is 14.5. The zero-order valence-corrected chi connectivity index (χ0v) is 30.6. The highest BCUT2D eigenvalue weighted by atomic mass is 32.1. The van der Waals surface area contributed by atoms with Gasteiger partial charge in [-0.05, 0) is 82.2 Å². The Bertz CT molecular complexity index is 3470. The van der Waals surface area contributed by atoms with Crippen molar-refractivity contribution >= 4 is 85.9 Å². The Morgan fingerprint density at radius 2 is 0.964 bits per heavy atom. The molecule has 0 radical (unpaired) electrons. The summed E-state index contributed by atoms with van der Waals surface area (Å²) in [6.45, 7) is 0. The van der Waals surface area contributed by atoms with Gasteiger partial charge in [-0.25, -0.2) is 0 Å². The van der Waals surface area contributed by atoms with Crippen LogP contribution in [-0.2, 0) is 0 Å². The van der Waals surface area contributed by atoms with Gasteiger partial charge in [-0.2, -0.15) is 0 Å². The van der Waals surface area contributed by atoms with Gasteiger partial charge in [0.15, 0.2) is 0 Å². The predicted octanol–water partition coefficient (Wildman–Crippen LogP) is 14.7. The number of aromatic nitrogens is 2. The lowest BCUT2D eigenvalue weighted by Crippen LogP contribution is -1.95. The van der Waals surface area contributed by atoms with E-state index in [-0.39, 0.29) is 0 Å². The molecule has 12 aromatic rings. The molecule has 256 valence electrons. The Hall–Kier alpha value is -6.94. The van der Waals surface area contributed by atoms with Crippen molar-refractivity contribution in [3.8, 4) is 33.6 Å². The molecule has 3 heteroatoms. The Balaban J connectivity index is 1.14. The Morgan fingerprint density at radius 3 is 1.78 bits per heavy atom. The highest BCUT2D eigenvalue weighted by molar-refractivity contribution is 7.26. The molecule has 0 bridgehead atoms. The zero-order valence-electron chi connectivity index (χ0n) is 29.8. The fourth-order valence-electron chi connectivity index (χ4n) is 9.06. The van der Waals surface area contributed by atoms with Gasteiger partial charge in [-0.3, -0.25) is 0 Å². The van der Waals surface area contributed by atoms with Gasteiger partial charge in [0.1, 0.15) is 0 Å². The topological polar surface area (TPSA) is 9.86 Å². The molecular weight excluding hydrogens is 685 g/mol. The van der Waals surface area contributed by atoms with Crippen LogP contribution in [-0.4, -0.2) is 9.13 Å². The first-order valence-corrected chi connectivity index (χ1v) is 19.7. The Morgan fingerprint density at radius 1 is 0.364 bits per heavy atom. The fourth-order valence-corrected chi connectivity index (χ4v) is 10.3. The van der Waals surface area contributed by atoms with E-state index in [2.05, 4.69) is 203 Å². The van der Waals surface area contributed by atoms with Crippen molar-refractivity contribution in [3.05, 3.63) is 194 Å². The van der Waals surface area contributed by atoms with Crippen LogP contribution in [0, 0.1) is 0 Å². The van der Waals surface area contributed by atoms with E-state index in [9.17, 15) is 0 Å². The molecule has 0 fully saturated rings. The number of fused-ring (bicyclic) bond motifs is 11. The molecule has 3 heterocycles. The third kappa shape index (κ3) is 4.48. The maximum absolute atomic E-state index is 2.52. The number of hydrogen-bond donors (Lipinski definition) is 0. The number of benzene rings is 9. The van der Waals surface area contributed by atoms with Crippen molar-refractivity contribution < 1.29 is 0 Å². The van der Waals surface area contributed by atoms with E-state index in [1.54, 1.807) is 0 Å². The number of hydrogen-bond acceptors (Lipinski definition) is 1. The SMILES string of the molecule is c1ccc(-c2ccc(-n3c4ccccc4c4cc(-c5cc6c7ccccc7n(-c7cccc8ccccc78)c6c6sc7ccccc7c56)ccc43)cc2)cc1. The van der Waals surface area contributed by atoms with Crippen LogP contribution in [0.15, 0.2) is 194 Å². The molecule has 0 spiro atoms. The van der Waals surface area contributed by atoms with E-state index in [0.717, 1.165) is 5.69 Å². The highest BCUT2D eigenvalue weighted by Crippen LogP contribution is 2.48. The van der Waals surface area contributed by atoms with Crippen molar-refractivity contribution in [2.24, 2.45) is 0 Å². The monoisotopic (exact) mass is 716 g/mol. The molecule has 0 amide bonds. The van der Waals surface area contributed by atoms with Gasteiger partial charge in [-0.15, -0.1) is 11.3 Å². The Kier molecular flexibility index (Phi) is 6.54. The van der Waals surface area contributed by atoms with Crippen molar-refractivity contribution in [1.29, 1.82) is 0 Å². The van der Waals surface area contributed by atoms with Gasteiger partial charge >= 0.3 is 0 Å². The normalized spacial score (nSPS) is 12.0. The van der Waals surface area contributed by atoms with Gasteiger partial charge in [0.2, 0.25) is 0 Å². The van der Waals surface area contributed by atoms with Crippen molar-refractivity contribution in [2.75, 3.05) is 0 Å². The summed E-state index contributed by atoms with van der Waals surface area (Å²) < 4.78 is 7.56. The van der Waals surface area contributed by atoms with Crippen LogP contribution < -0.4 is 0 Å². The summed E-state index contributed by atoms with van der Waals surface area (Å²) >= 11 is 1.91. The van der Waals surface area contributed by atoms with E-state index in [1.165, 1.54) is 102 Å².